The molecule has 1 aromatic carbocycles. The van der Waals surface area contributed by atoms with Gasteiger partial charge in [0.05, 0.1) is 16.3 Å². The Balaban J connectivity index is 1.92. The van der Waals surface area contributed by atoms with Crippen molar-refractivity contribution in [3.8, 4) is 0 Å². The van der Waals surface area contributed by atoms with Gasteiger partial charge in [-0.1, -0.05) is 32.0 Å². The summed E-state index contributed by atoms with van der Waals surface area (Å²) in [5.41, 5.74) is 0.530. The van der Waals surface area contributed by atoms with E-state index in [0.29, 0.717) is 24.6 Å². The van der Waals surface area contributed by atoms with Gasteiger partial charge in [-0.2, -0.15) is 13.2 Å². The van der Waals surface area contributed by atoms with Crippen molar-refractivity contribution in [1.82, 2.24) is 15.6 Å². The summed E-state index contributed by atoms with van der Waals surface area (Å²) in [6.07, 6.45) is -3.56. The normalized spacial score (nSPS) is 12.9. The summed E-state index contributed by atoms with van der Waals surface area (Å²) in [6.45, 7) is 6.90. The SMILES string of the molecule is CN=C(NCCc1csc(C)n1)NCC(C)(C)c1cccc(C(F)(F)F)c1. The largest absolute Gasteiger partial charge is 0.416 e. The fourth-order valence-corrected chi connectivity index (χ4v) is 3.22. The van der Waals surface area contributed by atoms with E-state index in [1.807, 2.05) is 26.2 Å². The number of hydrogen-bond donors (Lipinski definition) is 2. The standard InChI is InChI=1S/C19H25F3N4S/c1-13-26-16(11-27-13)8-9-24-17(23-4)25-12-18(2,3)14-6-5-7-15(10-14)19(20,21)22/h5-7,10-11H,8-9,12H2,1-4H3,(H2,23,24,25). The predicted molar refractivity (Wildman–Crippen MR) is 104 cm³/mol. The molecule has 0 saturated heterocycles. The highest BCUT2D eigenvalue weighted by atomic mass is 32.1. The monoisotopic (exact) mass is 398 g/mol. The lowest BCUT2D eigenvalue weighted by Gasteiger charge is -2.27. The maximum absolute atomic E-state index is 13.0. The Bertz CT molecular complexity index is 781. The number of thiazole rings is 1. The van der Waals surface area contributed by atoms with E-state index in [-0.39, 0.29) is 0 Å². The topological polar surface area (TPSA) is 49.3 Å². The number of aryl methyl sites for hydroxylation is 1. The van der Waals surface area contributed by atoms with Crippen LogP contribution in [0.2, 0.25) is 0 Å². The number of benzene rings is 1. The third-order valence-corrected chi connectivity index (χ3v) is 5.06. The van der Waals surface area contributed by atoms with Gasteiger partial charge in [0.2, 0.25) is 0 Å². The molecule has 0 spiro atoms. The van der Waals surface area contributed by atoms with Crippen molar-refractivity contribution in [2.24, 2.45) is 4.99 Å². The van der Waals surface area contributed by atoms with Crippen molar-refractivity contribution in [2.45, 2.75) is 38.8 Å². The van der Waals surface area contributed by atoms with Gasteiger partial charge in [0.25, 0.3) is 0 Å². The van der Waals surface area contributed by atoms with Crippen molar-refractivity contribution in [2.75, 3.05) is 20.1 Å². The van der Waals surface area contributed by atoms with Crippen LogP contribution in [0.25, 0.3) is 0 Å². The van der Waals surface area contributed by atoms with E-state index in [1.165, 1.54) is 12.1 Å². The number of nitrogens with one attached hydrogen (secondary N) is 2. The van der Waals surface area contributed by atoms with Crippen LogP contribution in [0, 0.1) is 6.92 Å². The van der Waals surface area contributed by atoms with Crippen LogP contribution in [-0.2, 0) is 18.0 Å². The predicted octanol–water partition coefficient (Wildman–Crippen LogP) is 4.16. The summed E-state index contributed by atoms with van der Waals surface area (Å²) < 4.78 is 38.9. The van der Waals surface area contributed by atoms with Crippen LogP contribution >= 0.6 is 11.3 Å². The lowest BCUT2D eigenvalue weighted by molar-refractivity contribution is -0.137. The highest BCUT2D eigenvalue weighted by Gasteiger charge is 2.32. The van der Waals surface area contributed by atoms with Crippen molar-refractivity contribution < 1.29 is 13.2 Å². The number of aliphatic imine (C=N–C) groups is 1. The first kappa shape index (κ1) is 21.2. The minimum absolute atomic E-state index is 0.448. The van der Waals surface area contributed by atoms with E-state index in [1.54, 1.807) is 24.5 Å². The van der Waals surface area contributed by atoms with Gasteiger partial charge in [0.1, 0.15) is 0 Å². The van der Waals surface area contributed by atoms with Crippen LogP contribution in [-0.4, -0.2) is 31.1 Å². The summed E-state index contributed by atoms with van der Waals surface area (Å²) in [4.78, 5) is 8.59. The molecule has 2 N–H and O–H groups in total. The van der Waals surface area contributed by atoms with Crippen molar-refractivity contribution in [3.63, 3.8) is 0 Å². The third kappa shape index (κ3) is 6.23. The van der Waals surface area contributed by atoms with Gasteiger partial charge in [-0.3, -0.25) is 4.99 Å². The van der Waals surface area contributed by atoms with Gasteiger partial charge in [0, 0.05) is 37.4 Å². The van der Waals surface area contributed by atoms with Crippen LogP contribution in [0.1, 0.15) is 35.7 Å². The van der Waals surface area contributed by atoms with Crippen molar-refractivity contribution in [3.05, 3.63) is 51.5 Å². The molecule has 8 heteroatoms. The Morgan fingerprint density at radius 2 is 1.89 bits per heavy atom. The Morgan fingerprint density at radius 1 is 1.19 bits per heavy atom. The molecule has 0 unspecified atom stereocenters. The molecule has 0 bridgehead atoms. The average molecular weight is 398 g/mol. The number of nitrogens with zero attached hydrogens (tertiary/aromatic N) is 2. The zero-order chi connectivity index (χ0) is 20.1. The number of alkyl halides is 3. The Morgan fingerprint density at radius 3 is 2.48 bits per heavy atom. The van der Waals surface area contributed by atoms with E-state index in [0.717, 1.165) is 23.2 Å². The summed E-state index contributed by atoms with van der Waals surface area (Å²) >= 11 is 1.62. The van der Waals surface area contributed by atoms with Crippen molar-refractivity contribution >= 4 is 17.3 Å². The van der Waals surface area contributed by atoms with Gasteiger partial charge in [-0.05, 0) is 18.6 Å². The number of hydrogen-bond acceptors (Lipinski definition) is 3. The average Bonchev–Trinajstić information content (AvgIpc) is 3.02. The molecular weight excluding hydrogens is 373 g/mol. The molecule has 148 valence electrons. The summed E-state index contributed by atoms with van der Waals surface area (Å²) in [5.74, 6) is 0.613. The molecule has 2 rings (SSSR count). The van der Waals surface area contributed by atoms with Gasteiger partial charge < -0.3 is 10.6 Å². The second-order valence-corrected chi connectivity index (χ2v) is 7.99. The fourth-order valence-electron chi connectivity index (χ4n) is 2.58. The quantitative estimate of drug-likeness (QED) is 0.568. The van der Waals surface area contributed by atoms with Crippen LogP contribution in [0.15, 0.2) is 34.6 Å². The molecule has 0 radical (unpaired) electrons. The van der Waals surface area contributed by atoms with E-state index in [2.05, 4.69) is 20.6 Å². The Hall–Kier alpha value is -2.09. The molecule has 0 saturated carbocycles. The van der Waals surface area contributed by atoms with E-state index >= 15 is 0 Å². The maximum Gasteiger partial charge on any atom is 0.416 e. The number of guanidine groups is 1. The van der Waals surface area contributed by atoms with Crippen LogP contribution in [0.4, 0.5) is 13.2 Å². The van der Waals surface area contributed by atoms with Crippen LogP contribution in [0.5, 0.6) is 0 Å². The first-order valence-corrected chi connectivity index (χ1v) is 9.53. The van der Waals surface area contributed by atoms with Gasteiger partial charge >= 0.3 is 6.18 Å². The summed E-state index contributed by atoms with van der Waals surface area (Å²) in [7, 11) is 1.67. The molecule has 1 heterocycles. The first-order valence-electron chi connectivity index (χ1n) is 8.65. The third-order valence-electron chi connectivity index (χ3n) is 4.23. The van der Waals surface area contributed by atoms with Crippen molar-refractivity contribution in [1.29, 1.82) is 0 Å². The van der Waals surface area contributed by atoms with Gasteiger partial charge in [-0.25, -0.2) is 4.98 Å². The van der Waals surface area contributed by atoms with Crippen LogP contribution in [0.3, 0.4) is 0 Å². The second-order valence-electron chi connectivity index (χ2n) is 6.92. The molecule has 4 nitrogen and oxygen atoms in total. The summed E-state index contributed by atoms with van der Waals surface area (Å²) in [6, 6.07) is 5.47. The lowest BCUT2D eigenvalue weighted by Crippen LogP contribution is -2.44. The molecule has 0 amide bonds. The number of aromatic nitrogens is 1. The molecule has 0 atom stereocenters. The molecule has 1 aromatic heterocycles. The molecule has 27 heavy (non-hydrogen) atoms. The maximum atomic E-state index is 13.0. The zero-order valence-corrected chi connectivity index (χ0v) is 16.8. The molecular formula is C19H25F3N4S. The smallest absolute Gasteiger partial charge is 0.356 e. The summed E-state index contributed by atoms with van der Waals surface area (Å²) in [5, 5.41) is 9.48. The van der Waals surface area contributed by atoms with Crippen LogP contribution < -0.4 is 10.6 Å². The minimum atomic E-state index is -4.34. The molecule has 0 aliphatic carbocycles. The lowest BCUT2D eigenvalue weighted by atomic mass is 9.84. The van der Waals surface area contributed by atoms with Gasteiger partial charge in [0.15, 0.2) is 5.96 Å². The molecule has 0 aliphatic heterocycles. The highest BCUT2D eigenvalue weighted by Crippen LogP contribution is 2.32. The zero-order valence-electron chi connectivity index (χ0n) is 15.9. The van der Waals surface area contributed by atoms with E-state index in [4.69, 9.17) is 0 Å². The second kappa shape index (κ2) is 8.73. The number of halogens is 3. The highest BCUT2D eigenvalue weighted by molar-refractivity contribution is 7.09. The number of rotatable bonds is 6. The van der Waals surface area contributed by atoms with E-state index < -0.39 is 17.2 Å². The first-order chi connectivity index (χ1) is 12.6. The fraction of sp³-hybridized carbons (Fsp3) is 0.474. The Kier molecular flexibility index (Phi) is 6.86. The molecule has 0 aliphatic rings. The van der Waals surface area contributed by atoms with E-state index in [9.17, 15) is 13.2 Å². The Labute approximate surface area is 161 Å². The molecule has 0 fully saturated rings. The minimum Gasteiger partial charge on any atom is -0.356 e. The molecule has 2 aromatic rings. The van der Waals surface area contributed by atoms with Gasteiger partial charge in [-0.15, -0.1) is 11.3 Å².